The number of benzene rings is 1. The quantitative estimate of drug-likeness (QED) is 0.800. The summed E-state index contributed by atoms with van der Waals surface area (Å²) in [6, 6.07) is 9.28. The summed E-state index contributed by atoms with van der Waals surface area (Å²) in [5.74, 6) is -0.262. The molecule has 5 nitrogen and oxygen atoms in total. The Labute approximate surface area is 98.7 Å². The average Bonchev–Trinajstić information content (AvgIpc) is 2.74. The second-order valence-electron chi connectivity index (χ2n) is 3.71. The molecule has 1 saturated heterocycles. The first-order valence-corrected chi connectivity index (χ1v) is 5.41. The van der Waals surface area contributed by atoms with Crippen molar-refractivity contribution in [1.82, 2.24) is 5.32 Å². The van der Waals surface area contributed by atoms with E-state index in [0.29, 0.717) is 13.0 Å². The first-order valence-electron chi connectivity index (χ1n) is 5.41. The third kappa shape index (κ3) is 3.21. The predicted octanol–water partition coefficient (Wildman–Crippen LogP) is 1.23. The van der Waals surface area contributed by atoms with E-state index < -0.39 is 12.3 Å². The van der Waals surface area contributed by atoms with Gasteiger partial charge in [-0.3, -0.25) is 4.79 Å². The minimum atomic E-state index is -0.809. The van der Waals surface area contributed by atoms with E-state index in [-0.39, 0.29) is 12.5 Å². The molecule has 0 unspecified atom stereocenters. The first kappa shape index (κ1) is 11.4. The molecule has 1 aromatic rings. The van der Waals surface area contributed by atoms with Crippen LogP contribution in [0.5, 0.6) is 0 Å². The van der Waals surface area contributed by atoms with Gasteiger partial charge in [-0.1, -0.05) is 30.3 Å². The van der Waals surface area contributed by atoms with Crippen LogP contribution >= 0.6 is 0 Å². The van der Waals surface area contributed by atoms with E-state index in [0.717, 1.165) is 5.56 Å². The van der Waals surface area contributed by atoms with Gasteiger partial charge >= 0.3 is 6.16 Å². The van der Waals surface area contributed by atoms with Crippen molar-refractivity contribution in [3.05, 3.63) is 35.9 Å². The summed E-state index contributed by atoms with van der Waals surface area (Å²) in [5, 5.41) is 2.58. The molecule has 1 aliphatic heterocycles. The number of hydrogen-bond acceptors (Lipinski definition) is 4. The van der Waals surface area contributed by atoms with Crippen LogP contribution in [0.25, 0.3) is 0 Å². The molecule has 0 radical (unpaired) electrons. The highest BCUT2D eigenvalue weighted by molar-refractivity contribution is 5.84. The number of carbonyl (C=O) groups is 2. The smallest absolute Gasteiger partial charge is 0.429 e. The van der Waals surface area contributed by atoms with Gasteiger partial charge < -0.3 is 14.8 Å². The van der Waals surface area contributed by atoms with Crippen molar-refractivity contribution in [3.8, 4) is 0 Å². The summed E-state index contributed by atoms with van der Waals surface area (Å²) in [7, 11) is 0. The van der Waals surface area contributed by atoms with Gasteiger partial charge in [-0.15, -0.1) is 0 Å². The van der Waals surface area contributed by atoms with Crippen LogP contribution < -0.4 is 5.32 Å². The molecule has 0 bridgehead atoms. The van der Waals surface area contributed by atoms with E-state index in [1.54, 1.807) is 0 Å². The van der Waals surface area contributed by atoms with Crippen LogP contribution in [0.1, 0.15) is 12.0 Å². The Kier molecular flexibility index (Phi) is 3.59. The van der Waals surface area contributed by atoms with Gasteiger partial charge in [0.15, 0.2) is 6.10 Å². The lowest BCUT2D eigenvalue weighted by atomic mass is 10.2. The standard InChI is InChI=1S/C12H13NO4/c14-11-10(6-7-13-11)17-12(15)16-8-9-4-2-1-3-5-9/h1-5,10H,6-8H2,(H,13,14)/t10-/m0/s1. The van der Waals surface area contributed by atoms with Crippen molar-refractivity contribution in [3.63, 3.8) is 0 Å². The van der Waals surface area contributed by atoms with Crippen LogP contribution in [-0.4, -0.2) is 24.7 Å². The molecule has 0 aromatic heterocycles. The van der Waals surface area contributed by atoms with Crippen molar-refractivity contribution in [2.75, 3.05) is 6.54 Å². The van der Waals surface area contributed by atoms with E-state index in [1.165, 1.54) is 0 Å². The summed E-state index contributed by atoms with van der Waals surface area (Å²) < 4.78 is 9.77. The maximum absolute atomic E-state index is 11.3. The lowest BCUT2D eigenvalue weighted by molar-refractivity contribution is -0.127. The molecule has 0 spiro atoms. The second-order valence-corrected chi connectivity index (χ2v) is 3.71. The molecular weight excluding hydrogens is 222 g/mol. The SMILES string of the molecule is O=C(OCc1ccccc1)O[C@H]1CCNC1=O. The molecule has 1 atom stereocenters. The van der Waals surface area contributed by atoms with Gasteiger partial charge in [0, 0.05) is 13.0 Å². The number of carbonyl (C=O) groups excluding carboxylic acids is 2. The molecule has 0 aliphatic carbocycles. The third-order valence-corrected chi connectivity index (χ3v) is 2.44. The van der Waals surface area contributed by atoms with Crippen LogP contribution in [-0.2, 0) is 20.9 Å². The van der Waals surface area contributed by atoms with Crippen molar-refractivity contribution >= 4 is 12.1 Å². The Morgan fingerprint density at radius 3 is 2.76 bits per heavy atom. The highest BCUT2D eigenvalue weighted by atomic mass is 16.7. The van der Waals surface area contributed by atoms with Crippen molar-refractivity contribution in [2.24, 2.45) is 0 Å². The zero-order valence-electron chi connectivity index (χ0n) is 9.22. The minimum Gasteiger partial charge on any atom is -0.429 e. The van der Waals surface area contributed by atoms with Crippen LogP contribution in [0.4, 0.5) is 4.79 Å². The Hall–Kier alpha value is -2.04. The fourth-order valence-electron chi connectivity index (χ4n) is 1.55. The predicted molar refractivity (Wildman–Crippen MR) is 59.1 cm³/mol. The molecule has 90 valence electrons. The largest absolute Gasteiger partial charge is 0.509 e. The van der Waals surface area contributed by atoms with Gasteiger partial charge in [-0.05, 0) is 5.56 Å². The van der Waals surface area contributed by atoms with Crippen molar-refractivity contribution in [2.45, 2.75) is 19.1 Å². The molecule has 0 saturated carbocycles. The van der Waals surface area contributed by atoms with Crippen molar-refractivity contribution < 1.29 is 19.1 Å². The number of nitrogens with one attached hydrogen (secondary N) is 1. The van der Waals surface area contributed by atoms with E-state index in [9.17, 15) is 9.59 Å². The molecule has 1 heterocycles. The van der Waals surface area contributed by atoms with E-state index in [4.69, 9.17) is 9.47 Å². The van der Waals surface area contributed by atoms with Crippen molar-refractivity contribution in [1.29, 1.82) is 0 Å². The summed E-state index contributed by atoms with van der Waals surface area (Å²) in [6.45, 7) is 0.684. The van der Waals surface area contributed by atoms with Gasteiger partial charge in [-0.25, -0.2) is 4.79 Å². The molecular formula is C12H13NO4. The summed E-state index contributed by atoms with van der Waals surface area (Å²) in [5.41, 5.74) is 0.875. The lowest BCUT2D eigenvalue weighted by Crippen LogP contribution is -2.27. The molecule has 1 fully saturated rings. The maximum Gasteiger partial charge on any atom is 0.509 e. The topological polar surface area (TPSA) is 64.6 Å². The molecule has 1 aliphatic rings. The minimum absolute atomic E-state index is 0.147. The van der Waals surface area contributed by atoms with Gasteiger partial charge in [0.1, 0.15) is 6.61 Å². The number of amides is 1. The maximum atomic E-state index is 11.3. The molecule has 17 heavy (non-hydrogen) atoms. The van der Waals surface area contributed by atoms with Crippen LogP contribution in [0, 0.1) is 0 Å². The Morgan fingerprint density at radius 2 is 2.12 bits per heavy atom. The van der Waals surface area contributed by atoms with E-state index in [2.05, 4.69) is 5.32 Å². The summed E-state index contributed by atoms with van der Waals surface area (Å²) in [6.07, 6.45) is -1.02. The summed E-state index contributed by atoms with van der Waals surface area (Å²) >= 11 is 0. The molecule has 2 rings (SSSR count). The van der Waals surface area contributed by atoms with E-state index in [1.807, 2.05) is 30.3 Å². The van der Waals surface area contributed by atoms with Crippen LogP contribution in [0.15, 0.2) is 30.3 Å². The number of ether oxygens (including phenoxy) is 2. The third-order valence-electron chi connectivity index (χ3n) is 2.44. The Morgan fingerprint density at radius 1 is 1.35 bits per heavy atom. The molecule has 5 heteroatoms. The van der Waals surface area contributed by atoms with Gasteiger partial charge in [0.05, 0.1) is 0 Å². The van der Waals surface area contributed by atoms with Gasteiger partial charge in [-0.2, -0.15) is 0 Å². The zero-order valence-corrected chi connectivity index (χ0v) is 9.22. The zero-order chi connectivity index (χ0) is 12.1. The highest BCUT2D eigenvalue weighted by Gasteiger charge is 2.28. The molecule has 1 amide bonds. The highest BCUT2D eigenvalue weighted by Crippen LogP contribution is 2.07. The van der Waals surface area contributed by atoms with Crippen LogP contribution in [0.3, 0.4) is 0 Å². The molecule has 1 N–H and O–H groups in total. The molecule has 1 aromatic carbocycles. The first-order chi connectivity index (χ1) is 8.25. The fraction of sp³-hybridized carbons (Fsp3) is 0.333. The Balaban J connectivity index is 1.76. The lowest BCUT2D eigenvalue weighted by Gasteiger charge is -2.09. The van der Waals surface area contributed by atoms with E-state index >= 15 is 0 Å². The normalized spacial score (nSPS) is 18.6. The summed E-state index contributed by atoms with van der Waals surface area (Å²) in [4.78, 5) is 22.4. The average molecular weight is 235 g/mol. The number of rotatable bonds is 3. The van der Waals surface area contributed by atoms with Crippen LogP contribution in [0.2, 0.25) is 0 Å². The number of hydrogen-bond donors (Lipinski definition) is 1. The Bertz CT molecular complexity index is 404. The fourth-order valence-corrected chi connectivity index (χ4v) is 1.55. The monoisotopic (exact) mass is 235 g/mol. The second kappa shape index (κ2) is 5.34. The van der Waals surface area contributed by atoms with Gasteiger partial charge in [0.25, 0.3) is 5.91 Å². The van der Waals surface area contributed by atoms with Gasteiger partial charge in [0.2, 0.25) is 0 Å².